The van der Waals surface area contributed by atoms with Gasteiger partial charge in [0.05, 0.1) is 12.8 Å². The van der Waals surface area contributed by atoms with E-state index in [1.165, 1.54) is 5.56 Å². The minimum absolute atomic E-state index is 0.608. The molecule has 2 rings (SSSR count). The Kier molecular flexibility index (Phi) is 5.84. The number of halogens is 1. The highest BCUT2D eigenvalue weighted by atomic mass is 35.5. The zero-order valence-electron chi connectivity index (χ0n) is 11.6. The summed E-state index contributed by atoms with van der Waals surface area (Å²) < 4.78 is 5.16. The topological polar surface area (TPSA) is 25.4 Å². The summed E-state index contributed by atoms with van der Waals surface area (Å²) >= 11 is 5.90. The van der Waals surface area contributed by atoms with E-state index in [1.54, 1.807) is 7.11 Å². The van der Waals surface area contributed by atoms with Crippen LogP contribution in [0.4, 0.5) is 0 Å². The Labute approximate surface area is 125 Å². The number of alkyl halides is 1. The molecule has 20 heavy (non-hydrogen) atoms. The summed E-state index contributed by atoms with van der Waals surface area (Å²) in [6.45, 7) is 2.46. The lowest BCUT2D eigenvalue weighted by molar-refractivity contribution is 0.268. The van der Waals surface area contributed by atoms with E-state index in [4.69, 9.17) is 16.3 Å². The maximum absolute atomic E-state index is 5.90. The first-order valence-electron chi connectivity index (χ1n) is 6.64. The number of hydrogen-bond donors (Lipinski definition) is 0. The first kappa shape index (κ1) is 14.8. The third-order valence-corrected chi connectivity index (χ3v) is 3.19. The van der Waals surface area contributed by atoms with Crippen LogP contribution in [0.3, 0.4) is 0 Å². The van der Waals surface area contributed by atoms with Gasteiger partial charge in [0.25, 0.3) is 0 Å². The van der Waals surface area contributed by atoms with Crippen molar-refractivity contribution in [3.05, 3.63) is 59.8 Å². The molecule has 1 aromatic carbocycles. The number of pyridine rings is 1. The first-order valence-corrected chi connectivity index (χ1v) is 7.17. The smallest absolute Gasteiger partial charge is 0.213 e. The number of rotatable bonds is 7. The zero-order valence-corrected chi connectivity index (χ0v) is 12.4. The van der Waals surface area contributed by atoms with Gasteiger partial charge in [-0.15, -0.1) is 11.6 Å². The molecule has 0 saturated carbocycles. The van der Waals surface area contributed by atoms with Crippen molar-refractivity contribution >= 4 is 11.6 Å². The monoisotopic (exact) mass is 290 g/mol. The zero-order chi connectivity index (χ0) is 14.2. The molecule has 0 aliphatic rings. The van der Waals surface area contributed by atoms with E-state index in [0.29, 0.717) is 11.8 Å². The van der Waals surface area contributed by atoms with Gasteiger partial charge >= 0.3 is 0 Å². The Morgan fingerprint density at radius 1 is 1.05 bits per heavy atom. The normalized spacial score (nSPS) is 10.8. The van der Waals surface area contributed by atoms with E-state index >= 15 is 0 Å². The summed E-state index contributed by atoms with van der Waals surface area (Å²) in [6, 6.07) is 16.2. The van der Waals surface area contributed by atoms with Crippen LogP contribution in [0, 0.1) is 0 Å². The third kappa shape index (κ3) is 4.51. The van der Waals surface area contributed by atoms with Gasteiger partial charge in [0, 0.05) is 31.6 Å². The van der Waals surface area contributed by atoms with Gasteiger partial charge in [-0.1, -0.05) is 36.4 Å². The Morgan fingerprint density at radius 3 is 2.55 bits per heavy atom. The van der Waals surface area contributed by atoms with Crippen LogP contribution >= 0.6 is 11.6 Å². The summed E-state index contributed by atoms with van der Waals surface area (Å²) in [5.41, 5.74) is 2.27. The number of aromatic nitrogens is 1. The predicted molar refractivity (Wildman–Crippen MR) is 82.1 cm³/mol. The molecule has 4 heteroatoms. The predicted octanol–water partition coefficient (Wildman–Crippen LogP) is 3.33. The van der Waals surface area contributed by atoms with E-state index in [1.807, 2.05) is 24.3 Å². The van der Waals surface area contributed by atoms with Crippen LogP contribution in [0.15, 0.2) is 48.5 Å². The molecule has 1 heterocycles. The number of hydrogen-bond acceptors (Lipinski definition) is 3. The average Bonchev–Trinajstić information content (AvgIpc) is 2.49. The van der Waals surface area contributed by atoms with Crippen molar-refractivity contribution in [1.29, 1.82) is 0 Å². The largest absolute Gasteiger partial charge is 0.481 e. The molecule has 0 aliphatic carbocycles. The van der Waals surface area contributed by atoms with Gasteiger partial charge in [0.15, 0.2) is 0 Å². The second-order valence-electron chi connectivity index (χ2n) is 4.56. The molecule has 2 aromatic rings. The van der Waals surface area contributed by atoms with Crippen LogP contribution in [0.2, 0.25) is 0 Å². The maximum atomic E-state index is 5.90. The van der Waals surface area contributed by atoms with Crippen molar-refractivity contribution in [2.75, 3.05) is 19.5 Å². The highest BCUT2D eigenvalue weighted by Gasteiger charge is 2.08. The minimum Gasteiger partial charge on any atom is -0.481 e. The molecule has 1 aromatic heterocycles. The maximum Gasteiger partial charge on any atom is 0.213 e. The second-order valence-corrected chi connectivity index (χ2v) is 4.93. The fourth-order valence-corrected chi connectivity index (χ4v) is 2.30. The molecule has 0 N–H and O–H groups in total. The summed E-state index contributed by atoms with van der Waals surface area (Å²) in [6.07, 6.45) is 0. The van der Waals surface area contributed by atoms with Crippen LogP contribution in [-0.2, 0) is 13.1 Å². The van der Waals surface area contributed by atoms with Crippen LogP contribution in [0.5, 0.6) is 5.88 Å². The Morgan fingerprint density at radius 2 is 1.85 bits per heavy atom. The molecule has 106 valence electrons. The Bertz CT molecular complexity index is 519. The highest BCUT2D eigenvalue weighted by Crippen LogP contribution is 2.12. The summed E-state index contributed by atoms with van der Waals surface area (Å²) in [5.74, 6) is 1.25. The molecular weight excluding hydrogens is 272 g/mol. The molecule has 0 aliphatic heterocycles. The van der Waals surface area contributed by atoms with Gasteiger partial charge in [0.2, 0.25) is 5.88 Å². The number of methoxy groups -OCH3 is 1. The summed E-state index contributed by atoms with van der Waals surface area (Å²) in [7, 11) is 1.63. The Hall–Kier alpha value is -1.58. The summed E-state index contributed by atoms with van der Waals surface area (Å²) in [5, 5.41) is 0. The number of nitrogens with zero attached hydrogens (tertiary/aromatic N) is 2. The van der Waals surface area contributed by atoms with E-state index in [-0.39, 0.29) is 0 Å². The molecule has 3 nitrogen and oxygen atoms in total. The van der Waals surface area contributed by atoms with Gasteiger partial charge in [-0.2, -0.15) is 0 Å². The fourth-order valence-electron chi connectivity index (χ4n) is 2.06. The van der Waals surface area contributed by atoms with Crippen LogP contribution in [-0.4, -0.2) is 29.4 Å². The van der Waals surface area contributed by atoms with Crippen molar-refractivity contribution in [2.24, 2.45) is 0 Å². The Balaban J connectivity index is 2.04. The summed E-state index contributed by atoms with van der Waals surface area (Å²) in [4.78, 5) is 6.73. The van der Waals surface area contributed by atoms with E-state index in [0.717, 1.165) is 25.3 Å². The molecule has 0 spiro atoms. The van der Waals surface area contributed by atoms with Crippen LogP contribution in [0.25, 0.3) is 0 Å². The first-order chi connectivity index (χ1) is 9.81. The lowest BCUT2D eigenvalue weighted by atomic mass is 10.2. The third-order valence-electron chi connectivity index (χ3n) is 3.03. The average molecular weight is 291 g/mol. The number of ether oxygens (including phenoxy) is 1. The lowest BCUT2D eigenvalue weighted by Crippen LogP contribution is -2.25. The molecule has 0 radical (unpaired) electrons. The second kappa shape index (κ2) is 7.88. The van der Waals surface area contributed by atoms with Gasteiger partial charge in [0.1, 0.15) is 0 Å². The van der Waals surface area contributed by atoms with Gasteiger partial charge < -0.3 is 4.74 Å². The van der Waals surface area contributed by atoms with Gasteiger partial charge in [-0.25, -0.2) is 4.98 Å². The van der Waals surface area contributed by atoms with E-state index in [2.05, 4.69) is 34.1 Å². The van der Waals surface area contributed by atoms with E-state index < -0.39 is 0 Å². The van der Waals surface area contributed by atoms with Crippen molar-refractivity contribution in [3.63, 3.8) is 0 Å². The molecule has 0 saturated heterocycles. The molecule has 0 unspecified atom stereocenters. The number of benzene rings is 1. The molecule has 0 amide bonds. The van der Waals surface area contributed by atoms with Gasteiger partial charge in [-0.05, 0) is 11.6 Å². The molecule has 0 atom stereocenters. The quantitative estimate of drug-likeness (QED) is 0.732. The minimum atomic E-state index is 0.608. The van der Waals surface area contributed by atoms with Crippen molar-refractivity contribution in [3.8, 4) is 5.88 Å². The fraction of sp³-hybridized carbons (Fsp3) is 0.312. The molecule has 0 fully saturated rings. The lowest BCUT2D eigenvalue weighted by Gasteiger charge is -2.21. The van der Waals surface area contributed by atoms with Gasteiger partial charge in [-0.3, -0.25) is 4.90 Å². The van der Waals surface area contributed by atoms with Crippen LogP contribution in [0.1, 0.15) is 11.3 Å². The van der Waals surface area contributed by atoms with Crippen molar-refractivity contribution in [2.45, 2.75) is 13.1 Å². The van der Waals surface area contributed by atoms with Crippen molar-refractivity contribution < 1.29 is 4.74 Å². The SMILES string of the molecule is COc1cccc(CN(CCCl)Cc2ccccc2)n1. The highest BCUT2D eigenvalue weighted by molar-refractivity contribution is 6.18. The van der Waals surface area contributed by atoms with Crippen LogP contribution < -0.4 is 4.74 Å². The standard InChI is InChI=1S/C16H19ClN2O/c1-20-16-9-5-8-15(18-16)13-19(11-10-17)12-14-6-3-2-4-7-14/h2-9H,10-13H2,1H3. The van der Waals surface area contributed by atoms with Crippen molar-refractivity contribution in [1.82, 2.24) is 9.88 Å². The molecular formula is C16H19ClN2O. The molecule has 0 bridgehead atoms. The van der Waals surface area contributed by atoms with E-state index in [9.17, 15) is 0 Å².